The third-order valence-electron chi connectivity index (χ3n) is 3.14. The topological polar surface area (TPSA) is 56.7 Å². The van der Waals surface area contributed by atoms with Gasteiger partial charge in [0.15, 0.2) is 5.16 Å². The second kappa shape index (κ2) is 5.53. The molecule has 1 aromatic carbocycles. The second-order valence-electron chi connectivity index (χ2n) is 4.58. The van der Waals surface area contributed by atoms with Crippen molar-refractivity contribution in [3.63, 3.8) is 0 Å². The van der Waals surface area contributed by atoms with Gasteiger partial charge in [-0.15, -0.1) is 10.2 Å². The molecule has 1 aromatic heterocycles. The van der Waals surface area contributed by atoms with E-state index in [9.17, 15) is 0 Å². The highest BCUT2D eigenvalue weighted by Crippen LogP contribution is 2.39. The molecule has 2 aromatic rings. The minimum absolute atomic E-state index is 0.441. The lowest BCUT2D eigenvalue weighted by Gasteiger charge is -2.08. The molecule has 6 heteroatoms. The summed E-state index contributed by atoms with van der Waals surface area (Å²) in [5.74, 6) is 1.68. The van der Waals surface area contributed by atoms with Gasteiger partial charge in [-0.3, -0.25) is 0 Å². The highest BCUT2D eigenvalue weighted by Gasteiger charge is 2.29. The predicted molar refractivity (Wildman–Crippen MR) is 77.2 cm³/mol. The first-order valence-corrected chi connectivity index (χ1v) is 7.66. The summed E-state index contributed by atoms with van der Waals surface area (Å²) in [6.07, 6.45) is 2.40. The van der Waals surface area contributed by atoms with Crippen LogP contribution in [-0.2, 0) is 12.3 Å². The summed E-state index contributed by atoms with van der Waals surface area (Å²) in [7, 11) is 0. The van der Waals surface area contributed by atoms with E-state index < -0.39 is 0 Å². The number of aromatic nitrogens is 3. The highest BCUT2D eigenvalue weighted by atomic mass is 35.5. The van der Waals surface area contributed by atoms with Crippen molar-refractivity contribution < 1.29 is 0 Å². The Morgan fingerprint density at radius 1 is 1.32 bits per heavy atom. The molecule has 100 valence electrons. The van der Waals surface area contributed by atoms with Crippen LogP contribution < -0.4 is 5.73 Å². The summed E-state index contributed by atoms with van der Waals surface area (Å²) in [4.78, 5) is 0. The highest BCUT2D eigenvalue weighted by molar-refractivity contribution is 7.98. The van der Waals surface area contributed by atoms with Crippen LogP contribution in [0.15, 0.2) is 29.4 Å². The summed E-state index contributed by atoms with van der Waals surface area (Å²) < 4.78 is 2.18. The van der Waals surface area contributed by atoms with Gasteiger partial charge in [-0.25, -0.2) is 0 Å². The van der Waals surface area contributed by atoms with Crippen molar-refractivity contribution in [2.24, 2.45) is 5.73 Å². The lowest BCUT2D eigenvalue weighted by atomic mass is 10.2. The van der Waals surface area contributed by atoms with E-state index in [-0.39, 0.29) is 0 Å². The Hall–Kier alpha value is -1.04. The molecule has 0 saturated heterocycles. The Bertz CT molecular complexity index is 580. The molecule has 1 aliphatic carbocycles. The van der Waals surface area contributed by atoms with Crippen LogP contribution in [0.4, 0.5) is 0 Å². The third-order valence-corrected chi connectivity index (χ3v) is 4.50. The smallest absolute Gasteiger partial charge is 0.191 e. The maximum absolute atomic E-state index is 6.16. The molecule has 0 atom stereocenters. The molecule has 3 rings (SSSR count). The summed E-state index contributed by atoms with van der Waals surface area (Å²) in [6, 6.07) is 8.43. The molecule has 1 aliphatic rings. The van der Waals surface area contributed by atoms with Crippen LogP contribution in [0.2, 0.25) is 5.02 Å². The van der Waals surface area contributed by atoms with Crippen LogP contribution in [0, 0.1) is 0 Å². The molecule has 1 heterocycles. The first kappa shape index (κ1) is 13.0. The number of hydrogen-bond acceptors (Lipinski definition) is 4. The number of benzene rings is 1. The number of rotatable bonds is 5. The minimum Gasteiger partial charge on any atom is -0.324 e. The molecule has 0 amide bonds. The summed E-state index contributed by atoms with van der Waals surface area (Å²) in [5.41, 5.74) is 6.83. The quantitative estimate of drug-likeness (QED) is 0.861. The van der Waals surface area contributed by atoms with E-state index >= 15 is 0 Å². The Balaban J connectivity index is 1.77. The zero-order chi connectivity index (χ0) is 13.2. The van der Waals surface area contributed by atoms with Gasteiger partial charge < -0.3 is 10.3 Å². The van der Waals surface area contributed by atoms with Gasteiger partial charge in [-0.1, -0.05) is 41.6 Å². The third kappa shape index (κ3) is 2.78. The summed E-state index contributed by atoms with van der Waals surface area (Å²) in [6.45, 7) is 0.441. The molecule has 1 fully saturated rings. The molecule has 0 unspecified atom stereocenters. The average molecular weight is 295 g/mol. The van der Waals surface area contributed by atoms with Crippen LogP contribution in [0.3, 0.4) is 0 Å². The molecule has 1 saturated carbocycles. The van der Waals surface area contributed by atoms with E-state index in [0.29, 0.717) is 12.6 Å². The molecule has 2 N–H and O–H groups in total. The van der Waals surface area contributed by atoms with E-state index in [2.05, 4.69) is 14.8 Å². The number of nitrogens with zero attached hydrogens (tertiary/aromatic N) is 3. The van der Waals surface area contributed by atoms with E-state index in [1.807, 2.05) is 24.3 Å². The molecule has 0 radical (unpaired) electrons. The normalized spacial score (nSPS) is 14.8. The summed E-state index contributed by atoms with van der Waals surface area (Å²) in [5, 5.41) is 10.2. The lowest BCUT2D eigenvalue weighted by molar-refractivity contribution is 0.626. The van der Waals surface area contributed by atoms with Crippen molar-refractivity contribution in [1.29, 1.82) is 0 Å². The molecule has 19 heavy (non-hydrogen) atoms. The maximum atomic E-state index is 6.16. The second-order valence-corrected chi connectivity index (χ2v) is 5.93. The average Bonchev–Trinajstić information content (AvgIpc) is 3.18. The van der Waals surface area contributed by atoms with Gasteiger partial charge in [0.25, 0.3) is 0 Å². The predicted octanol–water partition coefficient (Wildman–Crippen LogP) is 3.02. The Morgan fingerprint density at radius 2 is 2.11 bits per heavy atom. The van der Waals surface area contributed by atoms with Crippen LogP contribution >= 0.6 is 23.4 Å². The number of halogens is 1. The Labute approximate surface area is 121 Å². The van der Waals surface area contributed by atoms with Crippen molar-refractivity contribution in [1.82, 2.24) is 14.8 Å². The van der Waals surface area contributed by atoms with Gasteiger partial charge in [0.1, 0.15) is 5.82 Å². The molecule has 0 bridgehead atoms. The van der Waals surface area contributed by atoms with Gasteiger partial charge in [-0.2, -0.15) is 0 Å². The molecule has 4 nitrogen and oxygen atoms in total. The number of thioether (sulfide) groups is 1. The fraction of sp³-hybridized carbons (Fsp3) is 0.385. The zero-order valence-corrected chi connectivity index (χ0v) is 12.0. The fourth-order valence-corrected chi connectivity index (χ4v) is 3.31. The molecular weight excluding hydrogens is 280 g/mol. The first-order chi connectivity index (χ1) is 9.29. The standard InChI is InChI=1S/C13H15ClN4S/c14-11-4-2-1-3-9(11)8-19-13-17-16-12(7-15)18(13)10-5-6-10/h1-4,10H,5-8,15H2. The van der Waals surface area contributed by atoms with Crippen LogP contribution in [0.1, 0.15) is 30.3 Å². The van der Waals surface area contributed by atoms with Crippen LogP contribution in [-0.4, -0.2) is 14.8 Å². The maximum Gasteiger partial charge on any atom is 0.191 e. The van der Waals surface area contributed by atoms with Gasteiger partial charge in [0.05, 0.1) is 6.54 Å². The lowest BCUT2D eigenvalue weighted by Crippen LogP contribution is -2.08. The van der Waals surface area contributed by atoms with Gasteiger partial charge >= 0.3 is 0 Å². The largest absolute Gasteiger partial charge is 0.324 e. The van der Waals surface area contributed by atoms with Crippen molar-refractivity contribution >= 4 is 23.4 Å². The Kier molecular flexibility index (Phi) is 3.77. The Morgan fingerprint density at radius 3 is 2.79 bits per heavy atom. The monoisotopic (exact) mass is 294 g/mol. The van der Waals surface area contributed by atoms with Crippen LogP contribution in [0.25, 0.3) is 0 Å². The summed E-state index contributed by atoms with van der Waals surface area (Å²) >= 11 is 7.83. The van der Waals surface area contributed by atoms with Crippen molar-refractivity contribution in [2.75, 3.05) is 0 Å². The SMILES string of the molecule is NCc1nnc(SCc2ccccc2Cl)n1C1CC1. The van der Waals surface area contributed by atoms with Crippen LogP contribution in [0.5, 0.6) is 0 Å². The van der Waals surface area contributed by atoms with Crippen molar-refractivity contribution in [2.45, 2.75) is 36.3 Å². The van der Waals surface area contributed by atoms with Gasteiger partial charge in [0.2, 0.25) is 0 Å². The minimum atomic E-state index is 0.441. The first-order valence-electron chi connectivity index (χ1n) is 6.29. The zero-order valence-electron chi connectivity index (χ0n) is 10.4. The van der Waals surface area contributed by atoms with Gasteiger partial charge in [0, 0.05) is 16.8 Å². The number of nitrogens with two attached hydrogens (primary N) is 1. The molecular formula is C13H15ClN4S. The molecule has 0 aliphatic heterocycles. The van der Waals surface area contributed by atoms with Crippen molar-refractivity contribution in [3.8, 4) is 0 Å². The van der Waals surface area contributed by atoms with Gasteiger partial charge in [-0.05, 0) is 24.5 Å². The van der Waals surface area contributed by atoms with Crippen molar-refractivity contribution in [3.05, 3.63) is 40.7 Å². The number of hydrogen-bond donors (Lipinski definition) is 1. The van der Waals surface area contributed by atoms with E-state index in [0.717, 1.165) is 27.3 Å². The van der Waals surface area contributed by atoms with E-state index in [1.165, 1.54) is 12.8 Å². The fourth-order valence-electron chi connectivity index (χ4n) is 2.00. The van der Waals surface area contributed by atoms with E-state index in [1.54, 1.807) is 11.8 Å². The molecule has 0 spiro atoms. The van der Waals surface area contributed by atoms with E-state index in [4.69, 9.17) is 17.3 Å².